The van der Waals surface area contributed by atoms with Crippen molar-refractivity contribution in [3.05, 3.63) is 61.7 Å². The first-order valence-electron chi connectivity index (χ1n) is 13.1. The van der Waals surface area contributed by atoms with Gasteiger partial charge in [0.2, 0.25) is 0 Å². The zero-order valence-corrected chi connectivity index (χ0v) is 21.9. The van der Waals surface area contributed by atoms with Crippen LogP contribution in [0.4, 0.5) is 4.39 Å². The van der Waals surface area contributed by atoms with Crippen molar-refractivity contribution in [1.82, 2.24) is 14.5 Å². The third kappa shape index (κ3) is 3.15. The quantitative estimate of drug-likeness (QED) is 0.431. The Bertz CT molecular complexity index is 1640. The van der Waals surface area contributed by atoms with Crippen LogP contribution in [0.15, 0.2) is 16.9 Å². The minimum absolute atomic E-state index is 0.0997. The summed E-state index contributed by atoms with van der Waals surface area (Å²) in [5, 5.41) is 22.1. The fraction of sp³-hybridized carbons (Fsp3) is 0.448. The van der Waals surface area contributed by atoms with Crippen LogP contribution in [0.25, 0.3) is 22.3 Å². The lowest BCUT2D eigenvalue weighted by atomic mass is 9.77. The fourth-order valence-corrected chi connectivity index (χ4v) is 6.75. The molecule has 1 aliphatic heterocycles. The van der Waals surface area contributed by atoms with E-state index in [0.29, 0.717) is 46.4 Å². The number of nitrogens with zero attached hydrogens (tertiary/aromatic N) is 3. The van der Waals surface area contributed by atoms with Gasteiger partial charge >= 0.3 is 0 Å². The molecule has 3 heterocycles. The van der Waals surface area contributed by atoms with Gasteiger partial charge in [0.05, 0.1) is 29.5 Å². The van der Waals surface area contributed by atoms with Crippen LogP contribution in [-0.2, 0) is 34.6 Å². The van der Waals surface area contributed by atoms with Crippen LogP contribution in [0.1, 0.15) is 72.5 Å². The summed E-state index contributed by atoms with van der Waals surface area (Å²) in [5.41, 5.74) is 3.11. The maximum absolute atomic E-state index is 15.0. The van der Waals surface area contributed by atoms with Crippen molar-refractivity contribution in [3.8, 4) is 11.4 Å². The summed E-state index contributed by atoms with van der Waals surface area (Å²) < 4.78 is 16.6. The lowest BCUT2D eigenvalue weighted by Crippen LogP contribution is -2.43. The molecule has 8 nitrogen and oxygen atoms in total. The first-order valence-corrected chi connectivity index (χ1v) is 13.1. The van der Waals surface area contributed by atoms with Crippen molar-refractivity contribution in [2.45, 2.75) is 77.2 Å². The maximum atomic E-state index is 15.0. The number of fused-ring (bicyclic) bond motifs is 5. The summed E-state index contributed by atoms with van der Waals surface area (Å²) >= 11 is 0. The number of benzene rings is 1. The number of amides is 1. The Morgan fingerprint density at radius 1 is 1.24 bits per heavy atom. The van der Waals surface area contributed by atoms with Gasteiger partial charge in [0.1, 0.15) is 17.5 Å². The number of halogens is 1. The first kappa shape index (κ1) is 24.9. The molecule has 0 saturated heterocycles. The number of pyridine rings is 2. The van der Waals surface area contributed by atoms with E-state index in [1.54, 1.807) is 31.5 Å². The predicted octanol–water partition coefficient (Wildman–Crippen LogP) is 2.81. The van der Waals surface area contributed by atoms with Crippen molar-refractivity contribution < 1.29 is 24.2 Å². The van der Waals surface area contributed by atoms with Crippen LogP contribution in [0.3, 0.4) is 0 Å². The van der Waals surface area contributed by atoms with Gasteiger partial charge in [-0.25, -0.2) is 9.37 Å². The van der Waals surface area contributed by atoms with Crippen LogP contribution >= 0.6 is 0 Å². The standard InChI is InChI=1S/C29H30FN3O5/c1-5-29(38)18-10-22-26-17(12-33(22)28(37)16(18)7-9-23(29)35)25-21(32(4)27(36)14(3)34)8-6-15-13(2)19(30)11-20(31-26)24(15)25/h10-11,14,21,34,38H,5-9,12H2,1-4H3/t14-,21-,29-/m0/s1. The third-order valence-corrected chi connectivity index (χ3v) is 8.90. The summed E-state index contributed by atoms with van der Waals surface area (Å²) in [6.07, 6.45) is 0.399. The highest BCUT2D eigenvalue weighted by Crippen LogP contribution is 2.47. The minimum Gasteiger partial charge on any atom is -0.384 e. The van der Waals surface area contributed by atoms with Gasteiger partial charge in [0.25, 0.3) is 11.5 Å². The molecule has 38 heavy (non-hydrogen) atoms. The summed E-state index contributed by atoms with van der Waals surface area (Å²) in [6.45, 7) is 5.10. The molecule has 0 fully saturated rings. The van der Waals surface area contributed by atoms with Gasteiger partial charge < -0.3 is 19.7 Å². The van der Waals surface area contributed by atoms with E-state index in [2.05, 4.69) is 0 Å². The van der Waals surface area contributed by atoms with Crippen LogP contribution in [-0.4, -0.2) is 49.5 Å². The molecule has 3 atom stereocenters. The van der Waals surface area contributed by atoms with Gasteiger partial charge in [-0.2, -0.15) is 0 Å². The van der Waals surface area contributed by atoms with Crippen molar-refractivity contribution in [3.63, 3.8) is 0 Å². The number of carbonyl (C=O) groups is 2. The predicted molar refractivity (Wildman–Crippen MR) is 138 cm³/mol. The number of aryl methyl sites for hydroxylation is 1. The second kappa shape index (κ2) is 8.28. The maximum Gasteiger partial charge on any atom is 0.254 e. The van der Waals surface area contributed by atoms with Gasteiger partial charge in [0.15, 0.2) is 5.78 Å². The summed E-state index contributed by atoms with van der Waals surface area (Å²) in [4.78, 5) is 45.7. The second-order valence-electron chi connectivity index (χ2n) is 10.8. The van der Waals surface area contributed by atoms with Crippen molar-refractivity contribution >= 4 is 22.6 Å². The monoisotopic (exact) mass is 519 g/mol. The highest BCUT2D eigenvalue weighted by molar-refractivity contribution is 5.94. The average Bonchev–Trinajstić information content (AvgIpc) is 3.27. The number of likely N-dealkylation sites (N-methyl/N-ethyl adjacent to an activating group) is 1. The summed E-state index contributed by atoms with van der Waals surface area (Å²) in [6, 6.07) is 2.69. The van der Waals surface area contributed by atoms with E-state index in [0.717, 1.165) is 22.1 Å². The van der Waals surface area contributed by atoms with Crippen molar-refractivity contribution in [1.29, 1.82) is 0 Å². The Balaban J connectivity index is 1.67. The largest absolute Gasteiger partial charge is 0.384 e. The molecule has 1 amide bonds. The molecule has 2 N–H and O–H groups in total. The number of hydrogen-bond acceptors (Lipinski definition) is 6. The zero-order chi connectivity index (χ0) is 27.3. The number of aliphatic hydroxyl groups is 2. The number of rotatable bonds is 3. The Morgan fingerprint density at radius 3 is 2.66 bits per heavy atom. The SMILES string of the molecule is CC[C@@]1(O)C(=O)CCc2c1cc1n(c2=O)Cc2c-1nc1cc(F)c(C)c3c1c2[C@@H](N(C)C(=O)[C@H](C)O)CC3. The lowest BCUT2D eigenvalue weighted by molar-refractivity contribution is -0.140. The Labute approximate surface area is 218 Å². The molecule has 6 rings (SSSR count). The molecule has 3 aromatic rings. The van der Waals surface area contributed by atoms with E-state index < -0.39 is 23.7 Å². The minimum atomic E-state index is -1.74. The number of carbonyl (C=O) groups excluding carboxylic acids is 2. The molecule has 1 aromatic carbocycles. The topological polar surface area (TPSA) is 113 Å². The van der Waals surface area contributed by atoms with Crippen LogP contribution in [0.5, 0.6) is 0 Å². The molecule has 9 heteroatoms. The first-order chi connectivity index (χ1) is 18.0. The highest BCUT2D eigenvalue weighted by atomic mass is 19.1. The van der Waals surface area contributed by atoms with Gasteiger partial charge in [-0.05, 0) is 62.3 Å². The van der Waals surface area contributed by atoms with Crippen LogP contribution in [0.2, 0.25) is 0 Å². The van der Waals surface area contributed by atoms with E-state index in [9.17, 15) is 24.6 Å². The number of aromatic nitrogens is 2. The fourth-order valence-electron chi connectivity index (χ4n) is 6.75. The molecule has 0 unspecified atom stereocenters. The number of Topliss-reactive ketones (excluding diaryl/α,β-unsaturated/α-hetero) is 1. The normalized spacial score (nSPS) is 22.2. The van der Waals surface area contributed by atoms with Crippen molar-refractivity contribution in [2.24, 2.45) is 0 Å². The molecule has 2 aliphatic carbocycles. The number of aliphatic hydroxyl groups excluding tert-OH is 1. The van der Waals surface area contributed by atoms with E-state index in [4.69, 9.17) is 4.98 Å². The molecule has 3 aliphatic rings. The molecule has 0 saturated carbocycles. The van der Waals surface area contributed by atoms with E-state index in [1.165, 1.54) is 17.9 Å². The Kier molecular flexibility index (Phi) is 5.42. The smallest absolute Gasteiger partial charge is 0.254 e. The van der Waals surface area contributed by atoms with Gasteiger partial charge in [-0.3, -0.25) is 14.4 Å². The van der Waals surface area contributed by atoms with Crippen molar-refractivity contribution in [2.75, 3.05) is 7.05 Å². The van der Waals surface area contributed by atoms with Crippen LogP contribution in [0, 0.1) is 12.7 Å². The Hall–Kier alpha value is -3.43. The molecular weight excluding hydrogens is 489 g/mol. The van der Waals surface area contributed by atoms with E-state index >= 15 is 4.39 Å². The summed E-state index contributed by atoms with van der Waals surface area (Å²) in [5.74, 6) is -1.10. The summed E-state index contributed by atoms with van der Waals surface area (Å²) in [7, 11) is 1.65. The Morgan fingerprint density at radius 2 is 1.97 bits per heavy atom. The van der Waals surface area contributed by atoms with E-state index in [1.807, 2.05) is 0 Å². The molecule has 198 valence electrons. The van der Waals surface area contributed by atoms with Gasteiger partial charge in [-0.15, -0.1) is 0 Å². The second-order valence-corrected chi connectivity index (χ2v) is 10.8. The third-order valence-electron chi connectivity index (χ3n) is 8.90. The van der Waals surface area contributed by atoms with Crippen LogP contribution < -0.4 is 5.56 Å². The number of ketones is 1. The molecular formula is C29H30FN3O5. The molecule has 2 aromatic heterocycles. The van der Waals surface area contributed by atoms with Gasteiger partial charge in [0, 0.05) is 41.6 Å². The molecule has 0 bridgehead atoms. The lowest BCUT2D eigenvalue weighted by Gasteiger charge is -2.35. The average molecular weight is 520 g/mol. The number of hydrogen-bond donors (Lipinski definition) is 2. The van der Waals surface area contributed by atoms with Gasteiger partial charge in [-0.1, -0.05) is 6.92 Å². The highest BCUT2D eigenvalue weighted by Gasteiger charge is 2.44. The molecule has 0 radical (unpaired) electrons. The zero-order valence-electron chi connectivity index (χ0n) is 21.9. The van der Waals surface area contributed by atoms with E-state index in [-0.39, 0.29) is 43.0 Å². The molecule has 0 spiro atoms.